The van der Waals surface area contributed by atoms with Gasteiger partial charge in [-0.05, 0) is 46.5 Å². The summed E-state index contributed by atoms with van der Waals surface area (Å²) < 4.78 is 2.30. The number of hydrogen-bond acceptors (Lipinski definition) is 4. The molecule has 0 radical (unpaired) electrons. The molecule has 2 saturated heterocycles. The third-order valence-corrected chi connectivity index (χ3v) is 5.57. The number of nitrogens with zero attached hydrogens (tertiary/aromatic N) is 3. The first-order valence-corrected chi connectivity index (χ1v) is 8.23. The Labute approximate surface area is 126 Å². The van der Waals surface area contributed by atoms with Gasteiger partial charge in [-0.1, -0.05) is 0 Å². The molecule has 1 aromatic heterocycles. The first-order valence-electron chi connectivity index (χ1n) is 7.43. The first kappa shape index (κ1) is 12.8. The number of halogens is 1. The molecule has 1 aromatic rings. The maximum atomic E-state index is 12.4. The molecule has 4 rings (SSSR count). The Morgan fingerprint density at radius 1 is 1.30 bits per heavy atom. The van der Waals surface area contributed by atoms with Gasteiger partial charge in [0.25, 0.3) is 5.56 Å². The molecule has 0 bridgehead atoms. The van der Waals surface area contributed by atoms with Crippen LogP contribution in [0.15, 0.2) is 15.5 Å². The molecule has 5 nitrogen and oxygen atoms in total. The molecule has 3 aliphatic rings. The summed E-state index contributed by atoms with van der Waals surface area (Å²) in [6.45, 7) is 5.04. The number of aromatic nitrogens is 2. The van der Waals surface area contributed by atoms with Gasteiger partial charge < -0.3 is 10.2 Å². The van der Waals surface area contributed by atoms with Crippen molar-refractivity contribution in [3.63, 3.8) is 0 Å². The van der Waals surface area contributed by atoms with E-state index in [4.69, 9.17) is 0 Å². The number of anilines is 1. The molecule has 1 saturated carbocycles. The van der Waals surface area contributed by atoms with Gasteiger partial charge in [-0.2, -0.15) is 5.10 Å². The van der Waals surface area contributed by atoms with E-state index in [1.54, 1.807) is 4.68 Å². The van der Waals surface area contributed by atoms with Crippen molar-refractivity contribution >= 4 is 21.6 Å². The second-order valence-corrected chi connectivity index (χ2v) is 7.15. The minimum Gasteiger partial charge on any atom is -0.368 e. The summed E-state index contributed by atoms with van der Waals surface area (Å²) in [5.41, 5.74) is 0.987. The standard InChI is InChI=1S/C14H19BrN4O/c15-13-12(18-7-10-3-16-4-11(10)8-18)5-17-19(14(13)20)6-9-1-2-9/h5,9-11,16H,1-4,6-8H2. The summed E-state index contributed by atoms with van der Waals surface area (Å²) in [5.74, 6) is 2.10. The third-order valence-electron chi connectivity index (χ3n) is 4.82. The van der Waals surface area contributed by atoms with Crippen LogP contribution in [0.4, 0.5) is 5.69 Å². The zero-order valence-corrected chi connectivity index (χ0v) is 13.0. The van der Waals surface area contributed by atoms with Crippen LogP contribution in [0.25, 0.3) is 0 Å². The van der Waals surface area contributed by atoms with Crippen LogP contribution in [0, 0.1) is 17.8 Å². The van der Waals surface area contributed by atoms with Gasteiger partial charge >= 0.3 is 0 Å². The molecule has 108 valence electrons. The summed E-state index contributed by atoms with van der Waals surface area (Å²) in [5, 5.41) is 7.81. The molecule has 3 heterocycles. The second kappa shape index (κ2) is 4.84. The fourth-order valence-electron chi connectivity index (χ4n) is 3.40. The van der Waals surface area contributed by atoms with Crippen LogP contribution in [0.5, 0.6) is 0 Å². The lowest BCUT2D eigenvalue weighted by Gasteiger charge is -2.21. The highest BCUT2D eigenvalue weighted by Crippen LogP contribution is 2.33. The maximum Gasteiger partial charge on any atom is 0.283 e. The molecule has 2 aliphatic heterocycles. The normalized spacial score (nSPS) is 28.9. The van der Waals surface area contributed by atoms with E-state index in [1.165, 1.54) is 12.8 Å². The van der Waals surface area contributed by atoms with Crippen LogP contribution < -0.4 is 15.8 Å². The van der Waals surface area contributed by atoms with E-state index in [1.807, 2.05) is 6.20 Å². The van der Waals surface area contributed by atoms with Crippen LogP contribution in [-0.4, -0.2) is 36.0 Å². The predicted octanol–water partition coefficient (Wildman–Crippen LogP) is 1.07. The monoisotopic (exact) mass is 338 g/mol. The Kier molecular flexibility index (Phi) is 3.11. The molecule has 0 amide bonds. The Morgan fingerprint density at radius 2 is 2.00 bits per heavy atom. The van der Waals surface area contributed by atoms with E-state index in [2.05, 4.69) is 31.2 Å². The highest BCUT2D eigenvalue weighted by Gasteiger charge is 2.37. The van der Waals surface area contributed by atoms with E-state index in [-0.39, 0.29) is 5.56 Å². The summed E-state index contributed by atoms with van der Waals surface area (Å²) in [6.07, 6.45) is 4.33. The molecule has 1 aliphatic carbocycles. The summed E-state index contributed by atoms with van der Waals surface area (Å²) in [7, 11) is 0. The van der Waals surface area contributed by atoms with Crippen molar-refractivity contribution in [2.75, 3.05) is 31.1 Å². The Bertz CT molecular complexity index is 571. The topological polar surface area (TPSA) is 50.2 Å². The maximum absolute atomic E-state index is 12.4. The van der Waals surface area contributed by atoms with Crippen molar-refractivity contribution in [3.8, 4) is 0 Å². The van der Waals surface area contributed by atoms with Gasteiger partial charge in [0.05, 0.1) is 11.9 Å². The Morgan fingerprint density at radius 3 is 2.65 bits per heavy atom. The van der Waals surface area contributed by atoms with Gasteiger partial charge in [0.15, 0.2) is 0 Å². The molecule has 20 heavy (non-hydrogen) atoms. The van der Waals surface area contributed by atoms with Crippen LogP contribution in [0.1, 0.15) is 12.8 Å². The van der Waals surface area contributed by atoms with Crippen molar-refractivity contribution in [1.29, 1.82) is 0 Å². The first-order chi connectivity index (χ1) is 9.72. The molecular weight excluding hydrogens is 320 g/mol. The van der Waals surface area contributed by atoms with Gasteiger partial charge in [-0.25, -0.2) is 4.68 Å². The number of rotatable bonds is 3. The summed E-state index contributed by atoms with van der Waals surface area (Å²) in [6, 6.07) is 0. The third kappa shape index (κ3) is 2.19. The van der Waals surface area contributed by atoms with E-state index in [9.17, 15) is 4.79 Å². The van der Waals surface area contributed by atoms with Crippen LogP contribution in [0.2, 0.25) is 0 Å². The fourth-order valence-corrected chi connectivity index (χ4v) is 3.96. The second-order valence-electron chi connectivity index (χ2n) is 6.36. The molecule has 2 unspecified atom stereocenters. The largest absolute Gasteiger partial charge is 0.368 e. The van der Waals surface area contributed by atoms with Crippen molar-refractivity contribution in [1.82, 2.24) is 15.1 Å². The minimum absolute atomic E-state index is 0.0181. The zero-order chi connectivity index (χ0) is 13.7. The van der Waals surface area contributed by atoms with Crippen molar-refractivity contribution in [2.24, 2.45) is 17.8 Å². The summed E-state index contributed by atoms with van der Waals surface area (Å²) in [4.78, 5) is 14.7. The van der Waals surface area contributed by atoms with Crippen LogP contribution >= 0.6 is 15.9 Å². The molecule has 0 spiro atoms. The Balaban J connectivity index is 1.59. The van der Waals surface area contributed by atoms with Gasteiger partial charge in [-0.3, -0.25) is 4.79 Å². The van der Waals surface area contributed by atoms with Crippen molar-refractivity contribution in [2.45, 2.75) is 19.4 Å². The van der Waals surface area contributed by atoms with Crippen molar-refractivity contribution in [3.05, 3.63) is 21.0 Å². The van der Waals surface area contributed by atoms with E-state index < -0.39 is 0 Å². The highest BCUT2D eigenvalue weighted by atomic mass is 79.9. The molecule has 2 atom stereocenters. The molecular formula is C14H19BrN4O. The molecule has 1 N–H and O–H groups in total. The van der Waals surface area contributed by atoms with Crippen LogP contribution in [0.3, 0.4) is 0 Å². The quantitative estimate of drug-likeness (QED) is 0.895. The molecule has 3 fully saturated rings. The number of nitrogens with one attached hydrogen (secondary N) is 1. The predicted molar refractivity (Wildman–Crippen MR) is 81.0 cm³/mol. The Hall–Kier alpha value is -0.880. The smallest absolute Gasteiger partial charge is 0.283 e. The lowest BCUT2D eigenvalue weighted by atomic mass is 10.0. The SMILES string of the molecule is O=c1c(Br)c(N2CC3CNCC3C2)cnn1CC1CC1. The highest BCUT2D eigenvalue weighted by molar-refractivity contribution is 9.10. The number of hydrogen-bond donors (Lipinski definition) is 1. The van der Waals surface area contributed by atoms with Gasteiger partial charge in [0.2, 0.25) is 0 Å². The molecule has 0 aromatic carbocycles. The zero-order valence-electron chi connectivity index (χ0n) is 11.4. The van der Waals surface area contributed by atoms with Gasteiger partial charge in [0.1, 0.15) is 4.47 Å². The van der Waals surface area contributed by atoms with Crippen LogP contribution in [-0.2, 0) is 6.54 Å². The van der Waals surface area contributed by atoms with Gasteiger partial charge in [-0.15, -0.1) is 0 Å². The average Bonchev–Trinajstić information content (AvgIpc) is 2.98. The van der Waals surface area contributed by atoms with E-state index >= 15 is 0 Å². The summed E-state index contributed by atoms with van der Waals surface area (Å²) >= 11 is 3.50. The lowest BCUT2D eigenvalue weighted by molar-refractivity contribution is 0.530. The number of fused-ring (bicyclic) bond motifs is 1. The minimum atomic E-state index is 0.0181. The van der Waals surface area contributed by atoms with Crippen molar-refractivity contribution < 1.29 is 0 Å². The lowest BCUT2D eigenvalue weighted by Crippen LogP contribution is -2.30. The molecule has 6 heteroatoms. The van der Waals surface area contributed by atoms with E-state index in [0.29, 0.717) is 10.4 Å². The average molecular weight is 339 g/mol. The van der Waals surface area contributed by atoms with E-state index in [0.717, 1.165) is 50.2 Å². The van der Waals surface area contributed by atoms with Gasteiger partial charge in [0, 0.05) is 32.7 Å². The fraction of sp³-hybridized carbons (Fsp3) is 0.714.